The lowest BCUT2D eigenvalue weighted by molar-refractivity contribution is -0.150. The van der Waals surface area contributed by atoms with E-state index >= 15 is 0 Å². The average molecular weight is 411 g/mol. The molecule has 4 rings (SSSR count). The second-order valence-corrected chi connectivity index (χ2v) is 8.02. The van der Waals surface area contributed by atoms with Crippen LogP contribution in [0.4, 0.5) is 0 Å². The molecule has 0 atom stereocenters. The molecular formula is C21H21N3O4S. The molecule has 1 amide bonds. The Kier molecular flexibility index (Phi) is 5.73. The number of fused-ring (bicyclic) bond motifs is 1. The number of para-hydroxylation sites is 1. The van der Waals surface area contributed by atoms with Crippen molar-refractivity contribution in [3.63, 3.8) is 0 Å². The number of nitrogens with zero attached hydrogens (tertiary/aromatic N) is 2. The number of carboxylic acids is 1. The van der Waals surface area contributed by atoms with Crippen LogP contribution in [-0.2, 0) is 16.1 Å². The van der Waals surface area contributed by atoms with Crippen molar-refractivity contribution in [1.82, 2.24) is 15.2 Å². The van der Waals surface area contributed by atoms with Gasteiger partial charge < -0.3 is 15.2 Å². The van der Waals surface area contributed by atoms with Crippen LogP contribution in [0.15, 0.2) is 48.5 Å². The average Bonchev–Trinajstić information content (AvgIpc) is 3.13. The van der Waals surface area contributed by atoms with Gasteiger partial charge in [-0.25, -0.2) is 9.78 Å². The second kappa shape index (κ2) is 8.59. The molecule has 7 nitrogen and oxygen atoms in total. The molecule has 1 fully saturated rings. The summed E-state index contributed by atoms with van der Waals surface area (Å²) >= 11 is 1.52. The van der Waals surface area contributed by atoms with Crippen molar-refractivity contribution < 1.29 is 19.4 Å². The summed E-state index contributed by atoms with van der Waals surface area (Å²) in [5.41, 5.74) is 2.11. The van der Waals surface area contributed by atoms with E-state index < -0.39 is 11.9 Å². The maximum atomic E-state index is 11.3. The summed E-state index contributed by atoms with van der Waals surface area (Å²) in [6, 6.07) is 15.9. The minimum Gasteiger partial charge on any atom is -0.474 e. The van der Waals surface area contributed by atoms with Crippen LogP contribution in [0.25, 0.3) is 10.2 Å². The number of carbonyl (C=O) groups excluding carboxylic acids is 1. The van der Waals surface area contributed by atoms with E-state index in [1.165, 1.54) is 16.9 Å². The lowest BCUT2D eigenvalue weighted by Crippen LogP contribution is -2.46. The van der Waals surface area contributed by atoms with E-state index in [0.29, 0.717) is 5.19 Å². The fourth-order valence-electron chi connectivity index (χ4n) is 3.40. The van der Waals surface area contributed by atoms with Crippen LogP contribution in [0.1, 0.15) is 18.4 Å². The number of piperidine rings is 1. The maximum Gasteiger partial charge on any atom is 0.394 e. The molecule has 0 spiro atoms. The lowest BCUT2D eigenvalue weighted by Gasteiger charge is -2.32. The highest BCUT2D eigenvalue weighted by molar-refractivity contribution is 7.20. The third-order valence-corrected chi connectivity index (χ3v) is 5.84. The Morgan fingerprint density at radius 2 is 1.86 bits per heavy atom. The Morgan fingerprint density at radius 1 is 1.14 bits per heavy atom. The molecule has 0 radical (unpaired) electrons. The van der Waals surface area contributed by atoms with Crippen LogP contribution in [-0.4, -0.2) is 46.0 Å². The number of ether oxygens (including phenoxy) is 1. The molecule has 0 aliphatic carbocycles. The number of carboxylic acid groups (broad SMARTS) is 1. The molecule has 0 unspecified atom stereocenters. The number of hydrogen-bond donors (Lipinski definition) is 2. The van der Waals surface area contributed by atoms with Gasteiger partial charge in [0.25, 0.3) is 5.19 Å². The molecule has 29 heavy (non-hydrogen) atoms. The van der Waals surface area contributed by atoms with Gasteiger partial charge in [-0.15, -0.1) is 0 Å². The van der Waals surface area contributed by atoms with Gasteiger partial charge in [-0.3, -0.25) is 9.69 Å². The summed E-state index contributed by atoms with van der Waals surface area (Å²) in [6.07, 6.45) is 1.50. The topological polar surface area (TPSA) is 91.8 Å². The summed E-state index contributed by atoms with van der Waals surface area (Å²) < 4.78 is 6.98. The Morgan fingerprint density at radius 3 is 2.55 bits per heavy atom. The quantitative estimate of drug-likeness (QED) is 0.626. The molecule has 0 bridgehead atoms. The van der Waals surface area contributed by atoms with Crippen molar-refractivity contribution >= 4 is 33.4 Å². The summed E-state index contributed by atoms with van der Waals surface area (Å²) in [5, 5.41) is 11.9. The zero-order valence-corrected chi connectivity index (χ0v) is 16.5. The van der Waals surface area contributed by atoms with Gasteiger partial charge >= 0.3 is 11.9 Å². The summed E-state index contributed by atoms with van der Waals surface area (Å²) in [5.74, 6) is -1.60. The molecule has 1 saturated heterocycles. The van der Waals surface area contributed by atoms with E-state index in [9.17, 15) is 9.59 Å². The van der Waals surface area contributed by atoms with Crippen LogP contribution in [0, 0.1) is 0 Å². The highest BCUT2D eigenvalue weighted by atomic mass is 32.1. The zero-order valence-electron chi connectivity index (χ0n) is 15.7. The van der Waals surface area contributed by atoms with Gasteiger partial charge in [0.2, 0.25) is 0 Å². The number of aliphatic carboxylic acids is 1. The number of hydrogen-bond acceptors (Lipinski definition) is 6. The fourth-order valence-corrected chi connectivity index (χ4v) is 4.23. The molecule has 2 N–H and O–H groups in total. The third-order valence-electron chi connectivity index (χ3n) is 4.93. The molecule has 2 heterocycles. The van der Waals surface area contributed by atoms with E-state index in [-0.39, 0.29) is 6.04 Å². The number of rotatable bonds is 5. The number of carbonyl (C=O) groups is 2. The van der Waals surface area contributed by atoms with Gasteiger partial charge in [0.15, 0.2) is 0 Å². The minimum atomic E-state index is -1.43. The molecule has 1 aromatic heterocycles. The van der Waals surface area contributed by atoms with Gasteiger partial charge in [-0.2, -0.15) is 0 Å². The maximum absolute atomic E-state index is 11.3. The zero-order chi connectivity index (χ0) is 20.2. The smallest absolute Gasteiger partial charge is 0.394 e. The number of thiazole rings is 1. The van der Waals surface area contributed by atoms with Crippen molar-refractivity contribution in [3.05, 3.63) is 54.1 Å². The number of likely N-dealkylation sites (tertiary alicyclic amines) is 1. The molecule has 0 saturated carbocycles. The first-order valence-corrected chi connectivity index (χ1v) is 10.3. The second-order valence-electron chi connectivity index (χ2n) is 7.02. The first-order valence-electron chi connectivity index (χ1n) is 9.45. The highest BCUT2D eigenvalue weighted by Crippen LogP contribution is 2.31. The van der Waals surface area contributed by atoms with Crippen molar-refractivity contribution in [2.24, 2.45) is 0 Å². The highest BCUT2D eigenvalue weighted by Gasteiger charge is 2.23. The lowest BCUT2D eigenvalue weighted by atomic mass is 10.0. The molecule has 150 valence electrons. The molecular weight excluding hydrogens is 390 g/mol. The summed E-state index contributed by atoms with van der Waals surface area (Å²) in [4.78, 5) is 28.7. The van der Waals surface area contributed by atoms with E-state index in [1.807, 2.05) is 48.5 Å². The number of aromatic nitrogens is 1. The van der Waals surface area contributed by atoms with Gasteiger partial charge in [0.1, 0.15) is 5.75 Å². The molecule has 1 aliphatic heterocycles. The summed E-state index contributed by atoms with van der Waals surface area (Å²) in [7, 11) is 0. The predicted molar refractivity (Wildman–Crippen MR) is 110 cm³/mol. The minimum absolute atomic E-state index is 0.0700. The number of benzene rings is 2. The summed E-state index contributed by atoms with van der Waals surface area (Å²) in [6.45, 7) is 2.43. The number of nitrogens with one attached hydrogen (secondary N) is 1. The predicted octanol–water partition coefficient (Wildman–Crippen LogP) is 3.25. The van der Waals surface area contributed by atoms with E-state index in [4.69, 9.17) is 9.84 Å². The Labute approximate surface area is 171 Å². The van der Waals surface area contributed by atoms with Crippen LogP contribution in [0.5, 0.6) is 10.9 Å². The van der Waals surface area contributed by atoms with Crippen LogP contribution >= 0.6 is 11.3 Å². The van der Waals surface area contributed by atoms with Crippen molar-refractivity contribution in [1.29, 1.82) is 0 Å². The van der Waals surface area contributed by atoms with Crippen LogP contribution in [0.3, 0.4) is 0 Å². The van der Waals surface area contributed by atoms with Crippen molar-refractivity contribution in [3.8, 4) is 10.9 Å². The third kappa shape index (κ3) is 4.90. The monoisotopic (exact) mass is 411 g/mol. The van der Waals surface area contributed by atoms with E-state index in [2.05, 4.69) is 15.2 Å². The molecule has 8 heteroatoms. The van der Waals surface area contributed by atoms with E-state index in [0.717, 1.165) is 48.4 Å². The molecule has 3 aromatic rings. The van der Waals surface area contributed by atoms with E-state index in [1.54, 1.807) is 0 Å². The van der Waals surface area contributed by atoms with Crippen LogP contribution < -0.4 is 10.1 Å². The molecule has 2 aromatic carbocycles. The Hall–Kier alpha value is -2.97. The fraction of sp³-hybridized carbons (Fsp3) is 0.286. The van der Waals surface area contributed by atoms with Crippen LogP contribution in [0.2, 0.25) is 0 Å². The normalized spacial score (nSPS) is 15.3. The van der Waals surface area contributed by atoms with Crippen molar-refractivity contribution in [2.45, 2.75) is 25.4 Å². The largest absolute Gasteiger partial charge is 0.474 e. The van der Waals surface area contributed by atoms with Crippen molar-refractivity contribution in [2.75, 3.05) is 13.1 Å². The van der Waals surface area contributed by atoms with Gasteiger partial charge in [0.05, 0.1) is 10.2 Å². The number of amides is 1. The first kappa shape index (κ1) is 19.4. The van der Waals surface area contributed by atoms with Gasteiger partial charge in [-0.05, 0) is 42.7 Å². The standard InChI is InChI=1S/C21H21N3O4S/c25-19(20(26)27)22-15-9-11-24(12-10-15)13-14-5-7-16(8-6-14)28-21-23-17-3-1-2-4-18(17)29-21/h1-8,15H,9-13H2,(H,22,25)(H,26,27). The van der Waals surface area contributed by atoms with Gasteiger partial charge in [-0.1, -0.05) is 35.6 Å². The first-order chi connectivity index (χ1) is 14.1. The van der Waals surface area contributed by atoms with Gasteiger partial charge in [0, 0.05) is 25.7 Å². The Bertz CT molecular complexity index is 977. The Balaban J connectivity index is 1.28. The SMILES string of the molecule is O=C(O)C(=O)NC1CCN(Cc2ccc(Oc3nc4ccccc4s3)cc2)CC1. The molecule has 1 aliphatic rings.